The zero-order valence-corrected chi connectivity index (χ0v) is 15.6. The van der Waals surface area contributed by atoms with Gasteiger partial charge in [0.25, 0.3) is 5.91 Å². The second-order valence-electron chi connectivity index (χ2n) is 7.26. The summed E-state index contributed by atoms with van der Waals surface area (Å²) in [6.07, 6.45) is 3.90. The summed E-state index contributed by atoms with van der Waals surface area (Å²) in [4.78, 5) is 12.8. The van der Waals surface area contributed by atoms with E-state index in [2.05, 4.69) is 26.1 Å². The monoisotopic (exact) mass is 348 g/mol. The Kier molecular flexibility index (Phi) is 4.85. The number of ether oxygens (including phenoxy) is 1. The lowest BCUT2D eigenvalue weighted by molar-refractivity contribution is 0.102. The van der Waals surface area contributed by atoms with Crippen LogP contribution in [0.4, 0.5) is 5.69 Å². The second-order valence-corrected chi connectivity index (χ2v) is 7.26. The summed E-state index contributed by atoms with van der Waals surface area (Å²) in [5.41, 5.74) is 3.34. The molecular weight excluding hydrogens is 324 g/mol. The first-order chi connectivity index (χ1) is 12.4. The van der Waals surface area contributed by atoms with Gasteiger partial charge in [-0.25, -0.2) is 0 Å². The molecule has 1 amide bonds. The Morgan fingerprint density at radius 3 is 2.38 bits per heavy atom. The normalized spacial score (nSPS) is 11.2. The summed E-state index contributed by atoms with van der Waals surface area (Å²) >= 11 is 0. The Hall–Kier alpha value is -3.01. The number of nitrogens with one attached hydrogen (secondary N) is 1. The number of amides is 1. The minimum Gasteiger partial charge on any atom is -0.495 e. The lowest BCUT2D eigenvalue weighted by Gasteiger charge is -2.21. The third-order valence-electron chi connectivity index (χ3n) is 4.32. The zero-order chi connectivity index (χ0) is 18.7. The van der Waals surface area contributed by atoms with Crippen LogP contribution in [0.5, 0.6) is 5.75 Å². The molecule has 4 nitrogen and oxygen atoms in total. The molecule has 1 aromatic heterocycles. The molecule has 0 aliphatic carbocycles. The number of hydrogen-bond acceptors (Lipinski definition) is 2. The maximum atomic E-state index is 12.8. The highest BCUT2D eigenvalue weighted by molar-refractivity contribution is 6.05. The van der Waals surface area contributed by atoms with Crippen LogP contribution >= 0.6 is 0 Å². The maximum absolute atomic E-state index is 12.8. The number of carbonyl (C=O) groups is 1. The highest BCUT2D eigenvalue weighted by Crippen LogP contribution is 2.31. The summed E-state index contributed by atoms with van der Waals surface area (Å²) in [7, 11) is 1.61. The third kappa shape index (κ3) is 3.80. The van der Waals surface area contributed by atoms with Crippen molar-refractivity contribution in [2.24, 2.45) is 0 Å². The van der Waals surface area contributed by atoms with Crippen LogP contribution < -0.4 is 10.1 Å². The third-order valence-corrected chi connectivity index (χ3v) is 4.32. The SMILES string of the molecule is COc1ccc(C(C)(C)C)cc1NC(=O)c1cccc(-n2cccc2)c1. The number of nitrogens with zero attached hydrogens (tertiary/aromatic N) is 1. The van der Waals surface area contributed by atoms with Gasteiger partial charge in [-0.2, -0.15) is 0 Å². The van der Waals surface area contributed by atoms with Gasteiger partial charge >= 0.3 is 0 Å². The molecule has 0 unspecified atom stereocenters. The van der Waals surface area contributed by atoms with Gasteiger partial charge in [-0.05, 0) is 53.4 Å². The van der Waals surface area contributed by atoms with Crippen LogP contribution in [-0.2, 0) is 5.41 Å². The van der Waals surface area contributed by atoms with E-state index in [-0.39, 0.29) is 11.3 Å². The Balaban J connectivity index is 1.89. The van der Waals surface area contributed by atoms with Crippen LogP contribution in [0, 0.1) is 0 Å². The van der Waals surface area contributed by atoms with Crippen molar-refractivity contribution in [2.45, 2.75) is 26.2 Å². The number of benzene rings is 2. The van der Waals surface area contributed by atoms with Gasteiger partial charge in [0.1, 0.15) is 5.75 Å². The minimum atomic E-state index is -0.164. The average molecular weight is 348 g/mol. The van der Waals surface area contributed by atoms with E-state index in [1.807, 2.05) is 71.6 Å². The lowest BCUT2D eigenvalue weighted by Crippen LogP contribution is -2.15. The van der Waals surface area contributed by atoms with Crippen LogP contribution in [0.15, 0.2) is 67.0 Å². The number of aromatic nitrogens is 1. The van der Waals surface area contributed by atoms with Crippen molar-refractivity contribution in [3.8, 4) is 11.4 Å². The van der Waals surface area contributed by atoms with Crippen molar-refractivity contribution in [3.63, 3.8) is 0 Å². The molecule has 2 aromatic carbocycles. The molecule has 0 radical (unpaired) electrons. The summed E-state index contributed by atoms with van der Waals surface area (Å²) in [5.74, 6) is 0.483. The van der Waals surface area contributed by atoms with Gasteiger partial charge in [-0.15, -0.1) is 0 Å². The molecule has 3 rings (SSSR count). The molecule has 0 atom stereocenters. The van der Waals surface area contributed by atoms with E-state index >= 15 is 0 Å². The Bertz CT molecular complexity index is 906. The molecule has 3 aromatic rings. The van der Waals surface area contributed by atoms with Crippen LogP contribution in [0.25, 0.3) is 5.69 Å². The standard InChI is InChI=1S/C22H24N2O2/c1-22(2,3)17-10-11-20(26-4)19(15-17)23-21(25)16-8-7-9-18(14-16)24-12-5-6-13-24/h5-15H,1-4H3,(H,23,25). The number of methoxy groups -OCH3 is 1. The Labute approximate surface area is 154 Å². The molecule has 26 heavy (non-hydrogen) atoms. The van der Waals surface area contributed by atoms with Gasteiger partial charge in [0.2, 0.25) is 0 Å². The topological polar surface area (TPSA) is 43.3 Å². The van der Waals surface area contributed by atoms with Crippen molar-refractivity contribution in [1.82, 2.24) is 4.57 Å². The molecule has 0 fully saturated rings. The first-order valence-corrected chi connectivity index (χ1v) is 8.62. The quantitative estimate of drug-likeness (QED) is 0.718. The number of hydrogen-bond donors (Lipinski definition) is 1. The van der Waals surface area contributed by atoms with Crippen LogP contribution in [0.3, 0.4) is 0 Å². The van der Waals surface area contributed by atoms with Gasteiger partial charge in [0.15, 0.2) is 0 Å². The predicted octanol–water partition coefficient (Wildman–Crippen LogP) is 5.04. The van der Waals surface area contributed by atoms with E-state index in [4.69, 9.17) is 4.74 Å². The van der Waals surface area contributed by atoms with Crippen molar-refractivity contribution in [2.75, 3.05) is 12.4 Å². The van der Waals surface area contributed by atoms with E-state index < -0.39 is 0 Å². The maximum Gasteiger partial charge on any atom is 0.255 e. The zero-order valence-electron chi connectivity index (χ0n) is 15.6. The molecule has 1 heterocycles. The molecule has 1 N–H and O–H groups in total. The van der Waals surface area contributed by atoms with Crippen LogP contribution in [-0.4, -0.2) is 17.6 Å². The summed E-state index contributed by atoms with van der Waals surface area (Å²) in [5, 5.41) is 2.99. The number of carbonyl (C=O) groups excluding carboxylic acids is 1. The minimum absolute atomic E-state index is 0.0138. The number of rotatable bonds is 4. The first kappa shape index (κ1) is 17.8. The predicted molar refractivity (Wildman–Crippen MR) is 105 cm³/mol. The van der Waals surface area contributed by atoms with Crippen molar-refractivity contribution in [1.29, 1.82) is 0 Å². The van der Waals surface area contributed by atoms with Gasteiger partial charge in [0.05, 0.1) is 12.8 Å². The Morgan fingerprint density at radius 2 is 1.73 bits per heavy atom. The molecule has 0 spiro atoms. The summed E-state index contributed by atoms with van der Waals surface area (Å²) < 4.78 is 7.38. The lowest BCUT2D eigenvalue weighted by atomic mass is 9.87. The molecule has 134 valence electrons. The van der Waals surface area contributed by atoms with Gasteiger partial charge in [0, 0.05) is 23.6 Å². The highest BCUT2D eigenvalue weighted by Gasteiger charge is 2.17. The van der Waals surface area contributed by atoms with Gasteiger partial charge < -0.3 is 14.6 Å². The van der Waals surface area contributed by atoms with E-state index in [9.17, 15) is 4.79 Å². The van der Waals surface area contributed by atoms with Crippen molar-refractivity contribution >= 4 is 11.6 Å². The molecule has 0 saturated carbocycles. The molecular formula is C22H24N2O2. The number of anilines is 1. The van der Waals surface area contributed by atoms with E-state index in [1.165, 1.54) is 0 Å². The fourth-order valence-electron chi connectivity index (χ4n) is 2.78. The smallest absolute Gasteiger partial charge is 0.255 e. The average Bonchev–Trinajstić information content (AvgIpc) is 3.15. The Morgan fingerprint density at radius 1 is 1.00 bits per heavy atom. The van der Waals surface area contributed by atoms with Crippen molar-refractivity contribution in [3.05, 3.63) is 78.1 Å². The fourth-order valence-corrected chi connectivity index (χ4v) is 2.78. The van der Waals surface area contributed by atoms with Crippen molar-refractivity contribution < 1.29 is 9.53 Å². The van der Waals surface area contributed by atoms with Gasteiger partial charge in [-0.1, -0.05) is 32.9 Å². The molecule has 0 bridgehead atoms. The summed E-state index contributed by atoms with van der Waals surface area (Å²) in [6.45, 7) is 6.42. The largest absolute Gasteiger partial charge is 0.495 e. The molecule has 0 aliphatic rings. The van der Waals surface area contributed by atoms with E-state index in [1.54, 1.807) is 7.11 Å². The first-order valence-electron chi connectivity index (χ1n) is 8.62. The summed E-state index contributed by atoms with van der Waals surface area (Å²) in [6, 6.07) is 17.3. The van der Waals surface area contributed by atoms with Crippen LogP contribution in [0.1, 0.15) is 36.7 Å². The van der Waals surface area contributed by atoms with E-state index in [0.717, 1.165) is 11.3 Å². The van der Waals surface area contributed by atoms with Gasteiger partial charge in [-0.3, -0.25) is 4.79 Å². The molecule has 4 heteroatoms. The second kappa shape index (κ2) is 7.08. The highest BCUT2D eigenvalue weighted by atomic mass is 16.5. The molecule has 0 saturated heterocycles. The molecule has 0 aliphatic heterocycles. The fraction of sp³-hybridized carbons (Fsp3) is 0.227. The van der Waals surface area contributed by atoms with E-state index in [0.29, 0.717) is 17.0 Å². The van der Waals surface area contributed by atoms with Crippen LogP contribution in [0.2, 0.25) is 0 Å².